The summed E-state index contributed by atoms with van der Waals surface area (Å²) in [5, 5.41) is 12.4. The van der Waals surface area contributed by atoms with Crippen LogP contribution in [0.5, 0.6) is 0 Å². The molecule has 1 atom stereocenters. The molecule has 0 rings (SSSR count). The third kappa shape index (κ3) is 6.22. The fraction of sp³-hybridized carbons (Fsp3) is 0.545. The number of carbonyl (C=O) groups is 1. The summed E-state index contributed by atoms with van der Waals surface area (Å²) in [6, 6.07) is 0.167. The number of allylic oxidation sites excluding steroid dienone is 1. The van der Waals surface area contributed by atoms with Crippen molar-refractivity contribution in [1.29, 1.82) is 5.41 Å². The second kappa shape index (κ2) is 7.91. The molecule has 4 nitrogen and oxygen atoms in total. The first kappa shape index (κ1) is 14.7. The van der Waals surface area contributed by atoms with Crippen molar-refractivity contribution in [2.24, 2.45) is 4.99 Å². The Morgan fingerprint density at radius 2 is 2.31 bits per heavy atom. The van der Waals surface area contributed by atoms with Gasteiger partial charge in [0.1, 0.15) is 5.70 Å². The Morgan fingerprint density at radius 1 is 1.69 bits per heavy atom. The Labute approximate surface area is 101 Å². The predicted octanol–water partition coefficient (Wildman–Crippen LogP) is 2.32. The van der Waals surface area contributed by atoms with Crippen LogP contribution in [0.25, 0.3) is 0 Å². The lowest BCUT2D eigenvalue weighted by Crippen LogP contribution is -2.29. The van der Waals surface area contributed by atoms with Gasteiger partial charge >= 0.3 is 5.91 Å². The second-order valence-corrected chi connectivity index (χ2v) is 3.77. The van der Waals surface area contributed by atoms with Crippen LogP contribution >= 0.6 is 12.2 Å². The van der Waals surface area contributed by atoms with Gasteiger partial charge in [0.25, 0.3) is 0 Å². The van der Waals surface area contributed by atoms with Crippen molar-refractivity contribution >= 4 is 29.0 Å². The van der Waals surface area contributed by atoms with Gasteiger partial charge in [-0.05, 0) is 38.6 Å². The van der Waals surface area contributed by atoms with Gasteiger partial charge in [0, 0.05) is 11.8 Å². The number of hydrogen-bond donors (Lipinski definition) is 2. The fourth-order valence-electron chi connectivity index (χ4n) is 1.25. The van der Waals surface area contributed by atoms with Gasteiger partial charge < -0.3 is 10.7 Å². The molecule has 1 unspecified atom stereocenters. The number of isothiocyanates is 1. The SMILES string of the molecule is CCCC(C)N/C(=C\C(C)=N)C(=O)N=C=S. The van der Waals surface area contributed by atoms with Gasteiger partial charge in [-0.1, -0.05) is 13.3 Å². The minimum atomic E-state index is -0.482. The molecule has 1 amide bonds. The van der Waals surface area contributed by atoms with Crippen LogP contribution in [0.4, 0.5) is 0 Å². The van der Waals surface area contributed by atoms with Gasteiger partial charge in [-0.15, -0.1) is 0 Å². The zero-order chi connectivity index (χ0) is 12.6. The number of hydrogen-bond acceptors (Lipinski definition) is 4. The second-order valence-electron chi connectivity index (χ2n) is 3.58. The zero-order valence-electron chi connectivity index (χ0n) is 9.83. The predicted molar refractivity (Wildman–Crippen MR) is 69.0 cm³/mol. The van der Waals surface area contributed by atoms with E-state index in [4.69, 9.17) is 5.41 Å². The standard InChI is InChI=1S/C11H17N3OS/c1-4-5-9(3)14-10(6-8(2)12)11(15)13-7-16/h6,9,12,14H,4-5H2,1-3H3/b10-6-,12-8?. The molecule has 0 saturated carbocycles. The van der Waals surface area contributed by atoms with Crippen molar-refractivity contribution in [3.8, 4) is 0 Å². The van der Waals surface area contributed by atoms with Crippen molar-refractivity contribution < 1.29 is 4.79 Å². The van der Waals surface area contributed by atoms with Gasteiger partial charge in [-0.25, -0.2) is 0 Å². The van der Waals surface area contributed by atoms with Crippen LogP contribution in [0.15, 0.2) is 16.8 Å². The molecule has 5 heteroatoms. The van der Waals surface area contributed by atoms with Gasteiger partial charge in [0.05, 0.1) is 5.16 Å². The van der Waals surface area contributed by atoms with E-state index in [9.17, 15) is 4.79 Å². The monoisotopic (exact) mass is 239 g/mol. The molecule has 0 fully saturated rings. The summed E-state index contributed by atoms with van der Waals surface area (Å²) in [6.07, 6.45) is 3.42. The van der Waals surface area contributed by atoms with Crippen LogP contribution in [0.3, 0.4) is 0 Å². The third-order valence-corrected chi connectivity index (χ3v) is 1.95. The average molecular weight is 239 g/mol. The maximum Gasteiger partial charge on any atom is 0.301 e. The molecule has 0 aromatic carbocycles. The Kier molecular flexibility index (Phi) is 7.25. The van der Waals surface area contributed by atoms with Crippen LogP contribution in [0, 0.1) is 5.41 Å². The molecule has 0 aliphatic carbocycles. The summed E-state index contributed by atoms with van der Waals surface area (Å²) in [5.41, 5.74) is 0.588. The summed E-state index contributed by atoms with van der Waals surface area (Å²) in [7, 11) is 0. The van der Waals surface area contributed by atoms with Crippen molar-refractivity contribution in [3.05, 3.63) is 11.8 Å². The third-order valence-electron chi connectivity index (χ3n) is 1.86. The van der Waals surface area contributed by atoms with Crippen LogP contribution in [0.2, 0.25) is 0 Å². The first-order chi connectivity index (χ1) is 7.51. The van der Waals surface area contributed by atoms with Gasteiger partial charge in [0.2, 0.25) is 0 Å². The van der Waals surface area contributed by atoms with E-state index in [1.54, 1.807) is 6.92 Å². The highest BCUT2D eigenvalue weighted by molar-refractivity contribution is 7.78. The van der Waals surface area contributed by atoms with E-state index in [1.807, 2.05) is 12.1 Å². The van der Waals surface area contributed by atoms with E-state index < -0.39 is 5.91 Å². The molecule has 2 N–H and O–H groups in total. The van der Waals surface area contributed by atoms with Crippen molar-refractivity contribution in [3.63, 3.8) is 0 Å². The van der Waals surface area contributed by atoms with Crippen molar-refractivity contribution in [2.75, 3.05) is 0 Å². The van der Waals surface area contributed by atoms with Crippen molar-refractivity contribution in [2.45, 2.75) is 39.7 Å². The zero-order valence-corrected chi connectivity index (χ0v) is 10.6. The average Bonchev–Trinajstić information content (AvgIpc) is 2.16. The Bertz CT molecular complexity index is 343. The van der Waals surface area contributed by atoms with E-state index in [0.717, 1.165) is 12.8 Å². The molecule has 0 spiro atoms. The lowest BCUT2D eigenvalue weighted by Gasteiger charge is -2.14. The largest absolute Gasteiger partial charge is 0.378 e. The molecule has 0 bridgehead atoms. The Morgan fingerprint density at radius 3 is 2.75 bits per heavy atom. The molecule has 0 saturated heterocycles. The minimum Gasteiger partial charge on any atom is -0.378 e. The molecule has 16 heavy (non-hydrogen) atoms. The molecule has 0 heterocycles. The van der Waals surface area contributed by atoms with E-state index in [0.29, 0.717) is 11.4 Å². The topological polar surface area (TPSA) is 65.3 Å². The molecule has 0 aliphatic rings. The van der Waals surface area contributed by atoms with Crippen LogP contribution < -0.4 is 5.32 Å². The van der Waals surface area contributed by atoms with E-state index >= 15 is 0 Å². The van der Waals surface area contributed by atoms with Crippen molar-refractivity contribution in [1.82, 2.24) is 5.32 Å². The smallest absolute Gasteiger partial charge is 0.301 e. The lowest BCUT2D eigenvalue weighted by molar-refractivity contribution is -0.114. The summed E-state index contributed by atoms with van der Waals surface area (Å²) in [6.45, 7) is 5.64. The Balaban J connectivity index is 4.75. The molecule has 0 radical (unpaired) electrons. The number of carbonyl (C=O) groups excluding carboxylic acids is 1. The summed E-state index contributed by atoms with van der Waals surface area (Å²) in [4.78, 5) is 14.9. The first-order valence-electron chi connectivity index (χ1n) is 5.16. The molecular weight excluding hydrogens is 222 g/mol. The number of nitrogens with zero attached hydrogens (tertiary/aromatic N) is 1. The van der Waals surface area contributed by atoms with Gasteiger partial charge in [-0.3, -0.25) is 4.79 Å². The summed E-state index contributed by atoms with van der Waals surface area (Å²) < 4.78 is 0. The molecule has 0 aliphatic heterocycles. The van der Waals surface area contributed by atoms with Gasteiger partial charge in [0.15, 0.2) is 0 Å². The van der Waals surface area contributed by atoms with Crippen LogP contribution in [-0.2, 0) is 4.79 Å². The number of thiocarbonyl (C=S) groups is 1. The number of amides is 1. The molecule has 88 valence electrons. The summed E-state index contributed by atoms with van der Waals surface area (Å²) in [5.74, 6) is -0.482. The fourth-order valence-corrected chi connectivity index (χ4v) is 1.34. The highest BCUT2D eigenvalue weighted by Gasteiger charge is 2.10. The molecule has 0 aromatic heterocycles. The lowest BCUT2D eigenvalue weighted by atomic mass is 10.2. The van der Waals surface area contributed by atoms with Crippen LogP contribution in [0.1, 0.15) is 33.6 Å². The van der Waals surface area contributed by atoms with E-state index in [2.05, 4.69) is 29.5 Å². The molecular formula is C11H17N3OS. The summed E-state index contributed by atoms with van der Waals surface area (Å²) >= 11 is 4.38. The maximum atomic E-state index is 11.5. The van der Waals surface area contributed by atoms with Crippen LogP contribution in [-0.4, -0.2) is 22.8 Å². The Hall–Kier alpha value is -1.32. The quantitative estimate of drug-likeness (QED) is 0.425. The molecule has 0 aromatic rings. The highest BCUT2D eigenvalue weighted by atomic mass is 32.1. The maximum absolute atomic E-state index is 11.5. The number of rotatable bonds is 6. The highest BCUT2D eigenvalue weighted by Crippen LogP contribution is 2.01. The van der Waals surface area contributed by atoms with E-state index in [-0.39, 0.29) is 6.04 Å². The van der Waals surface area contributed by atoms with Gasteiger partial charge in [-0.2, -0.15) is 4.99 Å². The number of aliphatic imine (C=N–C) groups is 1. The first-order valence-corrected chi connectivity index (χ1v) is 5.57. The number of nitrogens with one attached hydrogen (secondary N) is 2. The van der Waals surface area contributed by atoms with E-state index in [1.165, 1.54) is 6.08 Å². The normalized spacial score (nSPS) is 12.6. The minimum absolute atomic E-state index is 0.167.